The van der Waals surface area contributed by atoms with E-state index in [1.54, 1.807) is 0 Å². The molecule has 1 aromatic rings. The standard InChI is InChI=1S/C18H31N3/c1-3-4-5-6-7-8-9-10-14-21(2)17-13-11-12-16(15-17)18(19)20/h11-13,15H,3-10,14H2,1-2H3,(H3,19,20). The van der Waals surface area contributed by atoms with Crippen LogP contribution in [0.4, 0.5) is 5.69 Å². The van der Waals surface area contributed by atoms with E-state index in [-0.39, 0.29) is 5.84 Å². The monoisotopic (exact) mass is 289 g/mol. The summed E-state index contributed by atoms with van der Waals surface area (Å²) in [6.07, 6.45) is 10.8. The first-order valence-corrected chi connectivity index (χ1v) is 8.30. The average Bonchev–Trinajstić information content (AvgIpc) is 2.49. The number of benzene rings is 1. The normalized spacial score (nSPS) is 10.6. The van der Waals surface area contributed by atoms with Gasteiger partial charge in [0, 0.05) is 24.8 Å². The molecular weight excluding hydrogens is 258 g/mol. The van der Waals surface area contributed by atoms with Gasteiger partial charge in [-0.05, 0) is 18.6 Å². The summed E-state index contributed by atoms with van der Waals surface area (Å²) < 4.78 is 0. The Kier molecular flexibility index (Phi) is 8.56. The lowest BCUT2D eigenvalue weighted by molar-refractivity contribution is 0.575. The lowest BCUT2D eigenvalue weighted by atomic mass is 10.1. The van der Waals surface area contributed by atoms with Gasteiger partial charge in [0.15, 0.2) is 0 Å². The second kappa shape index (κ2) is 10.3. The van der Waals surface area contributed by atoms with Crippen molar-refractivity contribution in [3.8, 4) is 0 Å². The van der Waals surface area contributed by atoms with Crippen molar-refractivity contribution in [2.24, 2.45) is 5.73 Å². The van der Waals surface area contributed by atoms with E-state index < -0.39 is 0 Å². The Labute approximate surface area is 130 Å². The van der Waals surface area contributed by atoms with Crippen LogP contribution in [0.2, 0.25) is 0 Å². The van der Waals surface area contributed by atoms with Crippen LogP contribution in [-0.4, -0.2) is 19.4 Å². The second-order valence-corrected chi connectivity index (χ2v) is 5.86. The van der Waals surface area contributed by atoms with Gasteiger partial charge in [-0.1, -0.05) is 64.0 Å². The minimum absolute atomic E-state index is 0.136. The number of nitrogens with one attached hydrogen (secondary N) is 1. The largest absolute Gasteiger partial charge is 0.384 e. The molecule has 0 fully saturated rings. The first-order valence-electron chi connectivity index (χ1n) is 8.30. The maximum atomic E-state index is 7.49. The number of amidine groups is 1. The number of anilines is 1. The van der Waals surface area contributed by atoms with E-state index in [2.05, 4.69) is 24.9 Å². The molecule has 0 amide bonds. The summed E-state index contributed by atoms with van der Waals surface area (Å²) >= 11 is 0. The first-order chi connectivity index (χ1) is 10.1. The third-order valence-electron chi connectivity index (χ3n) is 3.95. The molecule has 0 aliphatic carbocycles. The van der Waals surface area contributed by atoms with Gasteiger partial charge < -0.3 is 10.6 Å². The Morgan fingerprint density at radius 3 is 2.29 bits per heavy atom. The van der Waals surface area contributed by atoms with Crippen molar-refractivity contribution >= 4 is 11.5 Å². The van der Waals surface area contributed by atoms with E-state index in [4.69, 9.17) is 11.1 Å². The Morgan fingerprint density at radius 2 is 1.67 bits per heavy atom. The van der Waals surface area contributed by atoms with E-state index in [9.17, 15) is 0 Å². The quantitative estimate of drug-likeness (QED) is 0.357. The number of rotatable bonds is 11. The van der Waals surface area contributed by atoms with Crippen LogP contribution in [-0.2, 0) is 0 Å². The molecule has 0 atom stereocenters. The molecule has 0 bridgehead atoms. The molecule has 0 saturated heterocycles. The molecule has 118 valence electrons. The number of hydrogen-bond acceptors (Lipinski definition) is 2. The van der Waals surface area contributed by atoms with Crippen molar-refractivity contribution in [2.45, 2.75) is 58.3 Å². The van der Waals surface area contributed by atoms with Gasteiger partial charge in [0.25, 0.3) is 0 Å². The van der Waals surface area contributed by atoms with Gasteiger partial charge in [0.2, 0.25) is 0 Å². The summed E-state index contributed by atoms with van der Waals surface area (Å²) in [5.41, 5.74) is 7.48. The molecule has 0 radical (unpaired) electrons. The first kappa shape index (κ1) is 17.5. The molecule has 0 saturated carbocycles. The van der Waals surface area contributed by atoms with Crippen LogP contribution in [0.5, 0.6) is 0 Å². The summed E-state index contributed by atoms with van der Waals surface area (Å²) in [6.45, 7) is 3.33. The number of unbranched alkanes of at least 4 members (excludes halogenated alkanes) is 7. The van der Waals surface area contributed by atoms with E-state index in [0.29, 0.717) is 0 Å². The maximum Gasteiger partial charge on any atom is 0.122 e. The average molecular weight is 289 g/mol. The molecule has 0 aromatic heterocycles. The zero-order chi connectivity index (χ0) is 15.5. The highest BCUT2D eigenvalue weighted by molar-refractivity contribution is 5.95. The van der Waals surface area contributed by atoms with Gasteiger partial charge in [-0.25, -0.2) is 0 Å². The van der Waals surface area contributed by atoms with Gasteiger partial charge in [0.05, 0.1) is 0 Å². The Bertz CT molecular complexity index is 415. The fourth-order valence-electron chi connectivity index (χ4n) is 2.52. The lowest BCUT2D eigenvalue weighted by Crippen LogP contribution is -2.19. The summed E-state index contributed by atoms with van der Waals surface area (Å²) in [4.78, 5) is 2.25. The van der Waals surface area contributed by atoms with Crippen molar-refractivity contribution in [1.29, 1.82) is 5.41 Å². The highest BCUT2D eigenvalue weighted by Gasteiger charge is 2.03. The van der Waals surface area contributed by atoms with Crippen molar-refractivity contribution in [3.63, 3.8) is 0 Å². The van der Waals surface area contributed by atoms with E-state index in [1.807, 2.05) is 18.2 Å². The molecule has 1 aromatic carbocycles. The van der Waals surface area contributed by atoms with Gasteiger partial charge in [-0.2, -0.15) is 0 Å². The summed E-state index contributed by atoms with van der Waals surface area (Å²) in [5, 5.41) is 7.49. The molecule has 0 heterocycles. The van der Waals surface area contributed by atoms with Crippen molar-refractivity contribution < 1.29 is 0 Å². The summed E-state index contributed by atoms with van der Waals surface area (Å²) in [6, 6.07) is 7.93. The van der Waals surface area contributed by atoms with Crippen molar-refractivity contribution in [3.05, 3.63) is 29.8 Å². The van der Waals surface area contributed by atoms with E-state index in [1.165, 1.54) is 51.4 Å². The van der Waals surface area contributed by atoms with Gasteiger partial charge in [-0.3, -0.25) is 5.41 Å². The molecule has 1 rings (SSSR count). The smallest absolute Gasteiger partial charge is 0.122 e. The molecule has 3 N–H and O–H groups in total. The topological polar surface area (TPSA) is 53.1 Å². The zero-order valence-corrected chi connectivity index (χ0v) is 13.7. The minimum Gasteiger partial charge on any atom is -0.384 e. The summed E-state index contributed by atoms with van der Waals surface area (Å²) in [7, 11) is 2.11. The fourth-order valence-corrected chi connectivity index (χ4v) is 2.52. The van der Waals surface area contributed by atoms with E-state index >= 15 is 0 Å². The van der Waals surface area contributed by atoms with E-state index in [0.717, 1.165) is 17.8 Å². The molecule has 0 unspecified atom stereocenters. The molecule has 0 aliphatic rings. The third kappa shape index (κ3) is 7.16. The molecule has 0 aliphatic heterocycles. The third-order valence-corrected chi connectivity index (χ3v) is 3.95. The molecule has 0 spiro atoms. The SMILES string of the molecule is CCCCCCCCCCN(C)c1cccc(C(=N)N)c1. The number of nitrogens with two attached hydrogens (primary N) is 1. The predicted octanol–water partition coefficient (Wildman–Crippen LogP) is 4.55. The van der Waals surface area contributed by atoms with Crippen LogP contribution >= 0.6 is 0 Å². The van der Waals surface area contributed by atoms with Crippen LogP contribution in [0.25, 0.3) is 0 Å². The highest BCUT2D eigenvalue weighted by Crippen LogP contribution is 2.16. The van der Waals surface area contributed by atoms with Crippen LogP contribution in [0.15, 0.2) is 24.3 Å². The molecule has 21 heavy (non-hydrogen) atoms. The summed E-state index contributed by atoms with van der Waals surface area (Å²) in [5.74, 6) is 0.136. The predicted molar refractivity (Wildman–Crippen MR) is 93.3 cm³/mol. The Hall–Kier alpha value is -1.51. The van der Waals surface area contributed by atoms with Crippen LogP contribution < -0.4 is 10.6 Å². The second-order valence-electron chi connectivity index (χ2n) is 5.86. The molecular formula is C18H31N3. The lowest BCUT2D eigenvalue weighted by Gasteiger charge is -2.20. The number of nitrogen functional groups attached to an aromatic ring is 1. The van der Waals surface area contributed by atoms with Gasteiger partial charge in [0.1, 0.15) is 5.84 Å². The Morgan fingerprint density at radius 1 is 1.05 bits per heavy atom. The minimum atomic E-state index is 0.136. The van der Waals surface area contributed by atoms with Crippen molar-refractivity contribution in [1.82, 2.24) is 0 Å². The van der Waals surface area contributed by atoms with Crippen molar-refractivity contribution in [2.75, 3.05) is 18.5 Å². The molecule has 3 nitrogen and oxygen atoms in total. The van der Waals surface area contributed by atoms with Crippen LogP contribution in [0, 0.1) is 5.41 Å². The fraction of sp³-hybridized carbons (Fsp3) is 0.611. The van der Waals surface area contributed by atoms with Gasteiger partial charge in [-0.15, -0.1) is 0 Å². The van der Waals surface area contributed by atoms with Gasteiger partial charge >= 0.3 is 0 Å². The number of nitrogens with zero attached hydrogens (tertiary/aromatic N) is 1. The van der Waals surface area contributed by atoms with Crippen LogP contribution in [0.3, 0.4) is 0 Å². The number of hydrogen-bond donors (Lipinski definition) is 2. The van der Waals surface area contributed by atoms with Crippen LogP contribution in [0.1, 0.15) is 63.9 Å². The maximum absolute atomic E-state index is 7.49. The molecule has 3 heteroatoms. The highest BCUT2D eigenvalue weighted by atomic mass is 15.1. The Balaban J connectivity index is 2.20. The zero-order valence-electron chi connectivity index (χ0n) is 13.7.